The van der Waals surface area contributed by atoms with Crippen LogP contribution in [-0.4, -0.2) is 0 Å². The maximum absolute atomic E-state index is 9.16. The lowest BCUT2D eigenvalue weighted by Crippen LogP contribution is -2.09. The molecule has 0 spiro atoms. The number of aryl methyl sites for hydroxylation is 1. The van der Waals surface area contributed by atoms with E-state index in [-0.39, 0.29) is 6.04 Å². The minimum absolute atomic E-state index is 0.0434. The summed E-state index contributed by atoms with van der Waals surface area (Å²) < 4.78 is 0. The average molecular weight is 271 g/mol. The Morgan fingerprint density at radius 3 is 2.58 bits per heavy atom. The number of nitrogens with zero attached hydrogens (tertiary/aromatic N) is 1. The normalized spacial score (nSPS) is 11.7. The van der Waals surface area contributed by atoms with E-state index in [9.17, 15) is 0 Å². The first kappa shape index (κ1) is 13.5. The van der Waals surface area contributed by atoms with E-state index in [1.54, 1.807) is 0 Å². The summed E-state index contributed by atoms with van der Waals surface area (Å²) in [5.74, 6) is 0. The Morgan fingerprint density at radius 1 is 1.16 bits per heavy atom. The van der Waals surface area contributed by atoms with E-state index in [0.717, 1.165) is 21.8 Å². The molecule has 0 aromatic heterocycles. The lowest BCUT2D eigenvalue weighted by atomic mass is 10.0. The molecule has 0 bridgehead atoms. The van der Waals surface area contributed by atoms with Crippen molar-refractivity contribution in [2.24, 2.45) is 0 Å². The zero-order valence-electron chi connectivity index (χ0n) is 10.9. The number of anilines is 1. The van der Waals surface area contributed by atoms with E-state index >= 15 is 0 Å². The molecule has 0 saturated heterocycles. The average Bonchev–Trinajstić information content (AvgIpc) is 2.41. The Balaban J connectivity index is 2.32. The fourth-order valence-electron chi connectivity index (χ4n) is 2.07. The van der Waals surface area contributed by atoms with Gasteiger partial charge in [0.15, 0.2) is 0 Å². The summed E-state index contributed by atoms with van der Waals surface area (Å²) in [7, 11) is 0. The monoisotopic (exact) mass is 270 g/mol. The quantitative estimate of drug-likeness (QED) is 0.878. The maximum Gasteiger partial charge on any atom is 0.101 e. The number of para-hydroxylation sites is 1. The number of nitrogens with one attached hydrogen (secondary N) is 1. The minimum atomic E-state index is 0.0434. The van der Waals surface area contributed by atoms with E-state index in [1.807, 2.05) is 56.3 Å². The SMILES string of the molecule is Cc1cccc(C#N)c1NC(C)c1ccccc1Cl. The predicted molar refractivity (Wildman–Crippen MR) is 79.4 cm³/mol. The minimum Gasteiger partial charge on any atom is -0.377 e. The number of hydrogen-bond donors (Lipinski definition) is 1. The number of hydrogen-bond acceptors (Lipinski definition) is 2. The van der Waals surface area contributed by atoms with Crippen LogP contribution in [0.25, 0.3) is 0 Å². The smallest absolute Gasteiger partial charge is 0.101 e. The second-order valence-electron chi connectivity index (χ2n) is 4.50. The van der Waals surface area contributed by atoms with Crippen molar-refractivity contribution < 1.29 is 0 Å². The number of rotatable bonds is 3. The van der Waals surface area contributed by atoms with Crippen LogP contribution in [0.1, 0.15) is 29.7 Å². The van der Waals surface area contributed by atoms with Gasteiger partial charge in [0, 0.05) is 5.02 Å². The summed E-state index contributed by atoms with van der Waals surface area (Å²) in [4.78, 5) is 0. The highest BCUT2D eigenvalue weighted by Crippen LogP contribution is 2.28. The van der Waals surface area contributed by atoms with Crippen molar-refractivity contribution in [3.05, 3.63) is 64.2 Å². The first-order valence-electron chi connectivity index (χ1n) is 6.14. The van der Waals surface area contributed by atoms with E-state index in [0.29, 0.717) is 5.56 Å². The van der Waals surface area contributed by atoms with Gasteiger partial charge in [0.05, 0.1) is 17.3 Å². The van der Waals surface area contributed by atoms with Crippen molar-refractivity contribution in [3.63, 3.8) is 0 Å². The fraction of sp³-hybridized carbons (Fsp3) is 0.188. The molecule has 2 rings (SSSR count). The molecule has 0 aliphatic rings. The lowest BCUT2D eigenvalue weighted by molar-refractivity contribution is 0.882. The molecule has 1 unspecified atom stereocenters. The first-order chi connectivity index (χ1) is 9.13. The second kappa shape index (κ2) is 5.77. The summed E-state index contributed by atoms with van der Waals surface area (Å²) in [6.45, 7) is 4.03. The van der Waals surface area contributed by atoms with Gasteiger partial charge in [-0.2, -0.15) is 5.26 Å². The van der Waals surface area contributed by atoms with Crippen LogP contribution >= 0.6 is 11.6 Å². The van der Waals surface area contributed by atoms with Crippen LogP contribution in [0.15, 0.2) is 42.5 Å². The molecule has 19 heavy (non-hydrogen) atoms. The molecular weight excluding hydrogens is 256 g/mol. The van der Waals surface area contributed by atoms with E-state index in [1.165, 1.54) is 0 Å². The van der Waals surface area contributed by atoms with Crippen molar-refractivity contribution in [1.82, 2.24) is 0 Å². The van der Waals surface area contributed by atoms with Crippen molar-refractivity contribution in [2.75, 3.05) is 5.32 Å². The van der Waals surface area contributed by atoms with Gasteiger partial charge >= 0.3 is 0 Å². The largest absolute Gasteiger partial charge is 0.377 e. The molecule has 2 aromatic carbocycles. The van der Waals surface area contributed by atoms with Crippen LogP contribution in [0.5, 0.6) is 0 Å². The Hall–Kier alpha value is -1.98. The summed E-state index contributed by atoms with van der Waals surface area (Å²) in [6.07, 6.45) is 0. The molecule has 3 heteroatoms. The highest BCUT2D eigenvalue weighted by atomic mass is 35.5. The molecule has 0 fully saturated rings. The van der Waals surface area contributed by atoms with Gasteiger partial charge < -0.3 is 5.32 Å². The van der Waals surface area contributed by atoms with Crippen LogP contribution in [0, 0.1) is 18.3 Å². The Kier molecular flexibility index (Phi) is 4.09. The molecule has 0 aliphatic heterocycles. The molecule has 96 valence electrons. The van der Waals surface area contributed by atoms with Gasteiger partial charge in [-0.3, -0.25) is 0 Å². The molecule has 0 heterocycles. The fourth-order valence-corrected chi connectivity index (χ4v) is 2.37. The molecule has 0 amide bonds. The summed E-state index contributed by atoms with van der Waals surface area (Å²) in [5.41, 5.74) is 3.60. The zero-order valence-corrected chi connectivity index (χ0v) is 11.7. The van der Waals surface area contributed by atoms with E-state index < -0.39 is 0 Å². The lowest BCUT2D eigenvalue weighted by Gasteiger charge is -2.19. The van der Waals surface area contributed by atoms with E-state index in [2.05, 4.69) is 11.4 Å². The zero-order chi connectivity index (χ0) is 13.8. The number of halogens is 1. The van der Waals surface area contributed by atoms with Crippen LogP contribution in [0.4, 0.5) is 5.69 Å². The Morgan fingerprint density at radius 2 is 1.89 bits per heavy atom. The van der Waals surface area contributed by atoms with E-state index in [4.69, 9.17) is 16.9 Å². The summed E-state index contributed by atoms with van der Waals surface area (Å²) >= 11 is 6.19. The van der Waals surface area contributed by atoms with Crippen molar-refractivity contribution in [2.45, 2.75) is 19.9 Å². The third-order valence-corrected chi connectivity index (χ3v) is 3.47. The second-order valence-corrected chi connectivity index (χ2v) is 4.90. The third-order valence-electron chi connectivity index (χ3n) is 3.13. The first-order valence-corrected chi connectivity index (χ1v) is 6.52. The third kappa shape index (κ3) is 2.89. The molecule has 0 aliphatic carbocycles. The van der Waals surface area contributed by atoms with Gasteiger partial charge in [-0.25, -0.2) is 0 Å². The Bertz CT molecular complexity index is 629. The summed E-state index contributed by atoms with van der Waals surface area (Å²) in [5, 5.41) is 13.3. The molecule has 1 N–H and O–H groups in total. The van der Waals surface area contributed by atoms with Crippen molar-refractivity contribution >= 4 is 17.3 Å². The van der Waals surface area contributed by atoms with Gasteiger partial charge in [-0.15, -0.1) is 0 Å². The highest BCUT2D eigenvalue weighted by molar-refractivity contribution is 6.31. The molecule has 2 nitrogen and oxygen atoms in total. The maximum atomic E-state index is 9.16. The topological polar surface area (TPSA) is 35.8 Å². The molecule has 0 saturated carbocycles. The van der Waals surface area contributed by atoms with Crippen LogP contribution in [0.3, 0.4) is 0 Å². The van der Waals surface area contributed by atoms with Gasteiger partial charge in [0.1, 0.15) is 6.07 Å². The Labute approximate surface area is 118 Å². The van der Waals surface area contributed by atoms with Gasteiger partial charge in [0.25, 0.3) is 0 Å². The molecule has 1 atom stereocenters. The standard InChI is InChI=1S/C16H15ClN2/c1-11-6-5-7-13(10-18)16(11)19-12(2)14-8-3-4-9-15(14)17/h3-9,12,19H,1-2H3. The molecule has 0 radical (unpaired) electrons. The van der Waals surface area contributed by atoms with Gasteiger partial charge in [-0.05, 0) is 37.1 Å². The predicted octanol–water partition coefficient (Wildman–Crippen LogP) is 4.69. The molecule has 2 aromatic rings. The molecular formula is C16H15ClN2. The van der Waals surface area contributed by atoms with Crippen LogP contribution in [-0.2, 0) is 0 Å². The number of nitriles is 1. The summed E-state index contributed by atoms with van der Waals surface area (Å²) in [6, 6.07) is 15.7. The van der Waals surface area contributed by atoms with Crippen molar-refractivity contribution in [3.8, 4) is 6.07 Å². The number of benzene rings is 2. The highest BCUT2D eigenvalue weighted by Gasteiger charge is 2.12. The van der Waals surface area contributed by atoms with Crippen LogP contribution in [0.2, 0.25) is 5.02 Å². The van der Waals surface area contributed by atoms with Gasteiger partial charge in [-0.1, -0.05) is 41.9 Å². The van der Waals surface area contributed by atoms with Crippen LogP contribution < -0.4 is 5.32 Å². The van der Waals surface area contributed by atoms with Gasteiger partial charge in [0.2, 0.25) is 0 Å². The van der Waals surface area contributed by atoms with Crippen molar-refractivity contribution in [1.29, 1.82) is 5.26 Å².